The predicted molar refractivity (Wildman–Crippen MR) is 62.7 cm³/mol. The lowest BCUT2D eigenvalue weighted by Crippen LogP contribution is -2.47. The molecule has 1 aromatic rings. The maximum atomic E-state index is 11.9. The molecule has 1 saturated carbocycles. The molecular formula is C11H13N3O2S. The number of carbonyl (C=O) groups excluding carboxylic acids is 1. The van der Waals surface area contributed by atoms with Crippen LogP contribution in [0.1, 0.15) is 25.7 Å². The van der Waals surface area contributed by atoms with Gasteiger partial charge in [0, 0.05) is 7.05 Å². The van der Waals surface area contributed by atoms with E-state index in [1.165, 1.54) is 22.4 Å². The normalized spacial score (nSPS) is 17.4. The Labute approximate surface area is 104 Å². The molecule has 0 radical (unpaired) electrons. The van der Waals surface area contributed by atoms with Gasteiger partial charge in [0.05, 0.1) is 17.8 Å². The molecule has 1 heterocycles. The lowest BCUT2D eigenvalue weighted by Gasteiger charge is -2.31. The Morgan fingerprint density at radius 2 is 2.35 bits per heavy atom. The molecule has 1 amide bonds. The molecule has 0 bridgehead atoms. The molecule has 1 aliphatic carbocycles. The Kier molecular flexibility index (Phi) is 3.29. The number of amides is 1. The van der Waals surface area contributed by atoms with E-state index in [1.54, 1.807) is 12.6 Å². The van der Waals surface area contributed by atoms with Crippen LogP contribution in [0.5, 0.6) is 5.06 Å². The zero-order chi connectivity index (χ0) is 12.3. The fourth-order valence-corrected chi connectivity index (χ4v) is 2.53. The van der Waals surface area contributed by atoms with Gasteiger partial charge in [-0.05, 0) is 25.7 Å². The summed E-state index contributed by atoms with van der Waals surface area (Å²) in [6, 6.07) is 2.25. The summed E-state index contributed by atoms with van der Waals surface area (Å²) in [6.07, 6.45) is 4.40. The number of thiazole rings is 1. The molecule has 1 aromatic heterocycles. The molecule has 0 unspecified atom stereocenters. The number of rotatable bonds is 2. The zero-order valence-corrected chi connectivity index (χ0v) is 10.4. The number of hydrogen-bond donors (Lipinski definition) is 0. The summed E-state index contributed by atoms with van der Waals surface area (Å²) >= 11 is 1.25. The molecule has 1 fully saturated rings. The number of nitrogens with zero attached hydrogens (tertiary/aromatic N) is 3. The molecule has 0 spiro atoms. The average molecular weight is 251 g/mol. The summed E-state index contributed by atoms with van der Waals surface area (Å²) in [7, 11) is 1.62. The van der Waals surface area contributed by atoms with E-state index in [0.717, 1.165) is 25.7 Å². The Bertz CT molecular complexity index is 432. The highest BCUT2D eigenvalue weighted by Gasteiger charge is 2.41. The standard InChI is InChI=1S/C11H13N3O2S/c1-14(11(7-12)4-2-3-5-11)10(15)16-9-6-13-8-17-9/h6,8H,2-5H2,1H3. The van der Waals surface area contributed by atoms with Gasteiger partial charge in [0.1, 0.15) is 5.54 Å². The van der Waals surface area contributed by atoms with Crippen LogP contribution in [0.2, 0.25) is 0 Å². The van der Waals surface area contributed by atoms with Gasteiger partial charge in [-0.2, -0.15) is 5.26 Å². The first-order valence-corrected chi connectivity index (χ1v) is 6.31. The monoisotopic (exact) mass is 251 g/mol. The average Bonchev–Trinajstić information content (AvgIpc) is 2.99. The number of ether oxygens (including phenoxy) is 1. The Balaban J connectivity index is 2.06. The molecule has 90 valence electrons. The highest BCUT2D eigenvalue weighted by molar-refractivity contribution is 7.11. The van der Waals surface area contributed by atoms with Crippen LogP contribution < -0.4 is 4.74 Å². The summed E-state index contributed by atoms with van der Waals surface area (Å²) in [5.74, 6) is 0. The molecule has 0 atom stereocenters. The lowest BCUT2D eigenvalue weighted by atomic mass is 9.98. The van der Waals surface area contributed by atoms with Gasteiger partial charge in [0.25, 0.3) is 0 Å². The minimum absolute atomic E-state index is 0.452. The van der Waals surface area contributed by atoms with Gasteiger partial charge in [0.2, 0.25) is 5.06 Å². The van der Waals surface area contributed by atoms with Crippen molar-refractivity contribution in [1.29, 1.82) is 5.26 Å². The van der Waals surface area contributed by atoms with E-state index in [4.69, 9.17) is 4.74 Å². The highest BCUT2D eigenvalue weighted by Crippen LogP contribution is 2.34. The van der Waals surface area contributed by atoms with Crippen LogP contribution in [-0.2, 0) is 0 Å². The van der Waals surface area contributed by atoms with Gasteiger partial charge in [-0.25, -0.2) is 9.78 Å². The van der Waals surface area contributed by atoms with Crippen molar-refractivity contribution in [2.24, 2.45) is 0 Å². The summed E-state index contributed by atoms with van der Waals surface area (Å²) < 4.78 is 5.15. The second-order valence-corrected chi connectivity index (χ2v) is 4.95. The van der Waals surface area contributed by atoms with Crippen LogP contribution >= 0.6 is 11.3 Å². The zero-order valence-electron chi connectivity index (χ0n) is 9.55. The van der Waals surface area contributed by atoms with Crippen molar-refractivity contribution >= 4 is 17.4 Å². The van der Waals surface area contributed by atoms with E-state index in [2.05, 4.69) is 11.1 Å². The smallest absolute Gasteiger partial charge is 0.397 e. The number of nitriles is 1. The van der Waals surface area contributed by atoms with Gasteiger partial charge < -0.3 is 4.74 Å². The predicted octanol–water partition coefficient (Wildman–Crippen LogP) is 2.41. The van der Waals surface area contributed by atoms with E-state index in [1.807, 2.05) is 0 Å². The second-order valence-electron chi connectivity index (χ2n) is 4.10. The SMILES string of the molecule is CN(C(=O)Oc1cncs1)C1(C#N)CCCC1. The molecule has 0 aromatic carbocycles. The first-order chi connectivity index (χ1) is 8.18. The van der Waals surface area contributed by atoms with E-state index < -0.39 is 11.6 Å². The van der Waals surface area contributed by atoms with Gasteiger partial charge in [-0.15, -0.1) is 0 Å². The van der Waals surface area contributed by atoms with Crippen LogP contribution in [0.4, 0.5) is 4.79 Å². The van der Waals surface area contributed by atoms with Gasteiger partial charge in [-0.1, -0.05) is 11.3 Å². The van der Waals surface area contributed by atoms with Crippen molar-refractivity contribution in [3.8, 4) is 11.1 Å². The second kappa shape index (κ2) is 4.72. The van der Waals surface area contributed by atoms with Gasteiger partial charge >= 0.3 is 6.09 Å². The molecule has 1 aliphatic rings. The Morgan fingerprint density at radius 1 is 1.65 bits per heavy atom. The third-order valence-electron chi connectivity index (χ3n) is 3.15. The van der Waals surface area contributed by atoms with Crippen molar-refractivity contribution in [3.05, 3.63) is 11.7 Å². The van der Waals surface area contributed by atoms with Crippen molar-refractivity contribution in [1.82, 2.24) is 9.88 Å². The molecule has 0 N–H and O–H groups in total. The molecular weight excluding hydrogens is 238 g/mol. The molecule has 5 nitrogen and oxygen atoms in total. The van der Waals surface area contributed by atoms with Crippen molar-refractivity contribution in [2.75, 3.05) is 7.05 Å². The summed E-state index contributed by atoms with van der Waals surface area (Å²) in [5.41, 5.74) is 0.903. The van der Waals surface area contributed by atoms with Crippen molar-refractivity contribution in [2.45, 2.75) is 31.2 Å². The lowest BCUT2D eigenvalue weighted by molar-refractivity contribution is 0.127. The fourth-order valence-electron chi connectivity index (χ4n) is 2.07. The summed E-state index contributed by atoms with van der Waals surface area (Å²) in [6.45, 7) is 0. The molecule has 2 rings (SSSR count). The summed E-state index contributed by atoms with van der Waals surface area (Å²) in [4.78, 5) is 17.1. The summed E-state index contributed by atoms with van der Waals surface area (Å²) in [5, 5.41) is 9.70. The van der Waals surface area contributed by atoms with Crippen LogP contribution in [-0.4, -0.2) is 28.6 Å². The van der Waals surface area contributed by atoms with Crippen LogP contribution in [0, 0.1) is 11.3 Å². The number of carbonyl (C=O) groups is 1. The Morgan fingerprint density at radius 3 is 2.88 bits per heavy atom. The topological polar surface area (TPSA) is 66.2 Å². The number of aromatic nitrogens is 1. The van der Waals surface area contributed by atoms with Gasteiger partial charge in [-0.3, -0.25) is 4.90 Å². The fraction of sp³-hybridized carbons (Fsp3) is 0.545. The minimum atomic E-state index is -0.693. The maximum Gasteiger partial charge on any atom is 0.417 e. The van der Waals surface area contributed by atoms with Gasteiger partial charge in [0.15, 0.2) is 0 Å². The third-order valence-corrected chi connectivity index (χ3v) is 3.80. The van der Waals surface area contributed by atoms with Crippen molar-refractivity contribution < 1.29 is 9.53 Å². The highest BCUT2D eigenvalue weighted by atomic mass is 32.1. The van der Waals surface area contributed by atoms with E-state index in [-0.39, 0.29) is 0 Å². The molecule has 17 heavy (non-hydrogen) atoms. The van der Waals surface area contributed by atoms with Crippen LogP contribution in [0.15, 0.2) is 11.7 Å². The van der Waals surface area contributed by atoms with Crippen LogP contribution in [0.3, 0.4) is 0 Å². The Hall–Kier alpha value is -1.61. The molecule has 0 saturated heterocycles. The first kappa shape index (κ1) is 11.9. The third kappa shape index (κ3) is 2.24. The van der Waals surface area contributed by atoms with E-state index in [0.29, 0.717) is 5.06 Å². The maximum absolute atomic E-state index is 11.9. The minimum Gasteiger partial charge on any atom is -0.397 e. The van der Waals surface area contributed by atoms with Crippen LogP contribution in [0.25, 0.3) is 0 Å². The quantitative estimate of drug-likeness (QED) is 0.809. The molecule has 6 heteroatoms. The van der Waals surface area contributed by atoms with E-state index in [9.17, 15) is 10.1 Å². The molecule has 0 aliphatic heterocycles. The largest absolute Gasteiger partial charge is 0.417 e. The number of hydrogen-bond acceptors (Lipinski definition) is 5. The van der Waals surface area contributed by atoms with E-state index >= 15 is 0 Å². The first-order valence-electron chi connectivity index (χ1n) is 5.43. The van der Waals surface area contributed by atoms with Crippen molar-refractivity contribution in [3.63, 3.8) is 0 Å².